The van der Waals surface area contributed by atoms with E-state index in [2.05, 4.69) is 29.6 Å². The number of benzene rings is 2. The van der Waals surface area contributed by atoms with Crippen molar-refractivity contribution in [1.82, 2.24) is 0 Å². The van der Waals surface area contributed by atoms with Crippen LogP contribution in [0.2, 0.25) is 5.02 Å². The van der Waals surface area contributed by atoms with Crippen molar-refractivity contribution in [2.24, 2.45) is 5.73 Å². The van der Waals surface area contributed by atoms with Crippen molar-refractivity contribution in [1.29, 1.82) is 0 Å². The minimum absolute atomic E-state index is 0.585. The summed E-state index contributed by atoms with van der Waals surface area (Å²) in [5, 5.41) is 4.14. The van der Waals surface area contributed by atoms with Gasteiger partial charge in [-0.15, -0.1) is 0 Å². The van der Waals surface area contributed by atoms with Crippen LogP contribution in [0.15, 0.2) is 42.5 Å². The first-order valence-electron chi connectivity index (χ1n) is 5.97. The van der Waals surface area contributed by atoms with Gasteiger partial charge in [-0.1, -0.05) is 41.9 Å². The SMILES string of the molecule is Cc1ccc(NCc2ccc(CN)cc2)cc1Cl. The third kappa shape index (κ3) is 3.25. The third-order valence-corrected chi connectivity index (χ3v) is 3.33. The average Bonchev–Trinajstić information content (AvgIpc) is 2.41. The number of halogens is 1. The minimum Gasteiger partial charge on any atom is -0.381 e. The number of rotatable bonds is 4. The van der Waals surface area contributed by atoms with Gasteiger partial charge in [0.25, 0.3) is 0 Å². The molecule has 0 saturated heterocycles. The molecule has 0 spiro atoms. The van der Waals surface area contributed by atoms with E-state index in [1.165, 1.54) is 5.56 Å². The zero-order chi connectivity index (χ0) is 13.0. The van der Waals surface area contributed by atoms with Crippen LogP contribution in [0.1, 0.15) is 16.7 Å². The number of nitrogens with two attached hydrogens (primary N) is 1. The molecule has 0 aliphatic rings. The highest BCUT2D eigenvalue weighted by molar-refractivity contribution is 6.31. The second kappa shape index (κ2) is 5.89. The molecule has 0 heterocycles. The zero-order valence-corrected chi connectivity index (χ0v) is 11.2. The lowest BCUT2D eigenvalue weighted by Crippen LogP contribution is -2.01. The van der Waals surface area contributed by atoms with Crippen LogP contribution in [0.25, 0.3) is 0 Å². The second-order valence-electron chi connectivity index (χ2n) is 4.34. The maximum absolute atomic E-state index is 6.08. The first-order chi connectivity index (χ1) is 8.69. The Bertz CT molecular complexity index is 521. The molecular weight excluding hydrogens is 244 g/mol. The molecule has 2 rings (SSSR count). The smallest absolute Gasteiger partial charge is 0.0455 e. The second-order valence-corrected chi connectivity index (χ2v) is 4.75. The monoisotopic (exact) mass is 260 g/mol. The topological polar surface area (TPSA) is 38.0 Å². The molecule has 3 N–H and O–H groups in total. The fourth-order valence-corrected chi connectivity index (χ4v) is 1.88. The fourth-order valence-electron chi connectivity index (χ4n) is 1.70. The van der Waals surface area contributed by atoms with Crippen molar-refractivity contribution in [2.75, 3.05) is 5.32 Å². The largest absolute Gasteiger partial charge is 0.381 e. The molecule has 94 valence electrons. The first kappa shape index (κ1) is 12.9. The van der Waals surface area contributed by atoms with Crippen LogP contribution in [0.5, 0.6) is 0 Å². The predicted molar refractivity (Wildman–Crippen MR) is 77.8 cm³/mol. The van der Waals surface area contributed by atoms with E-state index in [4.69, 9.17) is 17.3 Å². The molecule has 0 amide bonds. The molecule has 0 saturated carbocycles. The fraction of sp³-hybridized carbons (Fsp3) is 0.200. The summed E-state index contributed by atoms with van der Waals surface area (Å²) >= 11 is 6.08. The van der Waals surface area contributed by atoms with Crippen LogP contribution in [-0.4, -0.2) is 0 Å². The third-order valence-electron chi connectivity index (χ3n) is 2.93. The van der Waals surface area contributed by atoms with E-state index in [-0.39, 0.29) is 0 Å². The summed E-state index contributed by atoms with van der Waals surface area (Å²) in [6, 6.07) is 14.3. The van der Waals surface area contributed by atoms with Gasteiger partial charge >= 0.3 is 0 Å². The van der Waals surface area contributed by atoms with Crippen LogP contribution in [-0.2, 0) is 13.1 Å². The lowest BCUT2D eigenvalue weighted by atomic mass is 10.1. The molecule has 0 aliphatic heterocycles. The number of aryl methyl sites for hydroxylation is 1. The zero-order valence-electron chi connectivity index (χ0n) is 10.4. The molecule has 0 atom stereocenters. The van der Waals surface area contributed by atoms with Crippen molar-refractivity contribution >= 4 is 17.3 Å². The summed E-state index contributed by atoms with van der Waals surface area (Å²) in [7, 11) is 0. The van der Waals surface area contributed by atoms with E-state index in [1.54, 1.807) is 0 Å². The summed E-state index contributed by atoms with van der Waals surface area (Å²) in [6.45, 7) is 3.36. The minimum atomic E-state index is 0.585. The molecule has 3 heteroatoms. The molecule has 0 unspecified atom stereocenters. The lowest BCUT2D eigenvalue weighted by Gasteiger charge is -2.08. The van der Waals surface area contributed by atoms with Crippen molar-refractivity contribution < 1.29 is 0 Å². The van der Waals surface area contributed by atoms with Gasteiger partial charge in [0.1, 0.15) is 0 Å². The normalized spacial score (nSPS) is 10.4. The van der Waals surface area contributed by atoms with Crippen LogP contribution >= 0.6 is 11.6 Å². The molecule has 0 aromatic heterocycles. The van der Waals surface area contributed by atoms with Crippen molar-refractivity contribution in [3.05, 3.63) is 64.2 Å². The van der Waals surface area contributed by atoms with Gasteiger partial charge in [0.15, 0.2) is 0 Å². The van der Waals surface area contributed by atoms with Gasteiger partial charge in [-0.2, -0.15) is 0 Å². The Morgan fingerprint density at radius 3 is 2.33 bits per heavy atom. The van der Waals surface area contributed by atoms with Crippen molar-refractivity contribution in [3.63, 3.8) is 0 Å². The summed E-state index contributed by atoms with van der Waals surface area (Å²) in [4.78, 5) is 0. The number of nitrogens with one attached hydrogen (secondary N) is 1. The van der Waals surface area contributed by atoms with Crippen LogP contribution in [0.4, 0.5) is 5.69 Å². The van der Waals surface area contributed by atoms with E-state index in [0.717, 1.165) is 28.4 Å². The quantitative estimate of drug-likeness (QED) is 0.879. The molecular formula is C15H17ClN2. The molecule has 2 nitrogen and oxygen atoms in total. The Morgan fingerprint density at radius 1 is 1.06 bits per heavy atom. The van der Waals surface area contributed by atoms with E-state index >= 15 is 0 Å². The van der Waals surface area contributed by atoms with E-state index in [1.807, 2.05) is 25.1 Å². The van der Waals surface area contributed by atoms with Gasteiger partial charge in [0, 0.05) is 23.8 Å². The summed E-state index contributed by atoms with van der Waals surface area (Å²) in [5.74, 6) is 0. The summed E-state index contributed by atoms with van der Waals surface area (Å²) < 4.78 is 0. The van der Waals surface area contributed by atoms with Crippen LogP contribution < -0.4 is 11.1 Å². The Labute approximate surface area is 113 Å². The van der Waals surface area contributed by atoms with Gasteiger partial charge in [-0.25, -0.2) is 0 Å². The highest BCUT2D eigenvalue weighted by Crippen LogP contribution is 2.20. The van der Waals surface area contributed by atoms with Crippen LogP contribution in [0, 0.1) is 6.92 Å². The standard InChI is InChI=1S/C15H17ClN2/c1-11-2-7-14(8-15(11)16)18-10-13-5-3-12(9-17)4-6-13/h2-8,18H,9-10,17H2,1H3. The Hall–Kier alpha value is -1.51. The Kier molecular flexibility index (Phi) is 4.24. The van der Waals surface area contributed by atoms with Gasteiger partial charge in [0.2, 0.25) is 0 Å². The number of hydrogen-bond acceptors (Lipinski definition) is 2. The molecule has 2 aromatic rings. The first-order valence-corrected chi connectivity index (χ1v) is 6.35. The summed E-state index contributed by atoms with van der Waals surface area (Å²) in [5.41, 5.74) is 10.1. The molecule has 18 heavy (non-hydrogen) atoms. The predicted octanol–water partition coefficient (Wildman–Crippen LogP) is 3.72. The van der Waals surface area contributed by atoms with E-state index in [9.17, 15) is 0 Å². The average molecular weight is 261 g/mol. The van der Waals surface area contributed by atoms with Gasteiger partial charge in [0.05, 0.1) is 0 Å². The number of anilines is 1. The molecule has 0 aliphatic carbocycles. The molecule has 2 aromatic carbocycles. The Morgan fingerprint density at radius 2 is 1.72 bits per heavy atom. The van der Waals surface area contributed by atoms with E-state index in [0.29, 0.717) is 6.54 Å². The van der Waals surface area contributed by atoms with Gasteiger partial charge in [-0.05, 0) is 35.7 Å². The van der Waals surface area contributed by atoms with E-state index < -0.39 is 0 Å². The molecule has 0 radical (unpaired) electrons. The maximum atomic E-state index is 6.08. The van der Waals surface area contributed by atoms with Crippen molar-refractivity contribution in [3.8, 4) is 0 Å². The summed E-state index contributed by atoms with van der Waals surface area (Å²) in [6.07, 6.45) is 0. The number of hydrogen-bond donors (Lipinski definition) is 2. The highest BCUT2D eigenvalue weighted by Gasteiger charge is 1.98. The molecule has 0 bridgehead atoms. The molecule has 0 fully saturated rings. The van der Waals surface area contributed by atoms with Crippen molar-refractivity contribution in [2.45, 2.75) is 20.0 Å². The van der Waals surface area contributed by atoms with Gasteiger partial charge in [-0.3, -0.25) is 0 Å². The lowest BCUT2D eigenvalue weighted by molar-refractivity contribution is 1.06. The maximum Gasteiger partial charge on any atom is 0.0455 e. The van der Waals surface area contributed by atoms with Gasteiger partial charge < -0.3 is 11.1 Å². The highest BCUT2D eigenvalue weighted by atomic mass is 35.5. The Balaban J connectivity index is 1.99. The van der Waals surface area contributed by atoms with Crippen LogP contribution in [0.3, 0.4) is 0 Å².